The molecule has 0 saturated heterocycles. The molecule has 1 N–H and O–H groups in total. The Hall–Kier alpha value is -3.88. The van der Waals surface area contributed by atoms with Crippen LogP contribution < -0.4 is 4.90 Å². The first-order chi connectivity index (χ1) is 18.5. The van der Waals surface area contributed by atoms with Crippen molar-refractivity contribution in [1.82, 2.24) is 14.5 Å². The minimum Gasteiger partial charge on any atom is -0.507 e. The number of benzene rings is 3. The molecule has 2 heterocycles. The number of phenolic OH excluding ortho intramolecular Hbond substituents is 1. The van der Waals surface area contributed by atoms with Crippen molar-refractivity contribution < 1.29 is 19.1 Å². The van der Waals surface area contributed by atoms with E-state index >= 15 is 0 Å². The Morgan fingerprint density at radius 2 is 1.74 bits per heavy atom. The van der Waals surface area contributed by atoms with Gasteiger partial charge in [0, 0.05) is 36.4 Å². The van der Waals surface area contributed by atoms with Gasteiger partial charge in [-0.05, 0) is 67.9 Å². The van der Waals surface area contributed by atoms with Crippen LogP contribution in [-0.2, 0) is 0 Å². The Bertz CT molecular complexity index is 1620. The van der Waals surface area contributed by atoms with Gasteiger partial charge < -0.3 is 14.6 Å². The monoisotopic (exact) mass is 566 g/mol. The number of aromatic nitrogens is 2. The number of carbonyl (C=O) groups excluding carboxylic acids is 2. The maximum Gasteiger partial charge on any atom is 0.279 e. The van der Waals surface area contributed by atoms with Crippen LogP contribution in [0.2, 0.25) is 10.0 Å². The summed E-state index contributed by atoms with van der Waals surface area (Å²) in [5.74, 6) is -0.963. The lowest BCUT2D eigenvalue weighted by Gasteiger charge is -2.28. The molecule has 0 aliphatic carbocycles. The van der Waals surface area contributed by atoms with E-state index in [1.165, 1.54) is 34.1 Å². The van der Waals surface area contributed by atoms with Crippen molar-refractivity contribution in [2.24, 2.45) is 0 Å². The minimum absolute atomic E-state index is 0.0754. The van der Waals surface area contributed by atoms with Gasteiger partial charge >= 0.3 is 0 Å². The summed E-state index contributed by atoms with van der Waals surface area (Å²) in [4.78, 5) is 34.4. The van der Waals surface area contributed by atoms with Crippen LogP contribution in [0, 0.1) is 5.82 Å². The zero-order chi connectivity index (χ0) is 28.2. The van der Waals surface area contributed by atoms with Crippen molar-refractivity contribution >= 4 is 40.7 Å². The van der Waals surface area contributed by atoms with Crippen LogP contribution in [0.5, 0.6) is 5.75 Å². The average molecular weight is 567 g/mol. The highest BCUT2D eigenvalue weighted by Crippen LogP contribution is 2.46. The van der Waals surface area contributed by atoms with Crippen molar-refractivity contribution in [3.05, 3.63) is 99.0 Å². The molecular weight excluding hydrogens is 542 g/mol. The number of aromatic hydroxyl groups is 1. The van der Waals surface area contributed by atoms with Gasteiger partial charge in [-0.2, -0.15) is 0 Å². The zero-order valence-corrected chi connectivity index (χ0v) is 23.1. The summed E-state index contributed by atoms with van der Waals surface area (Å²) in [5, 5.41) is 11.3. The molecule has 1 aliphatic heterocycles. The number of halogens is 3. The number of imidazole rings is 1. The summed E-state index contributed by atoms with van der Waals surface area (Å²) in [5.41, 5.74) is 2.63. The maximum atomic E-state index is 14.0. The molecule has 1 aliphatic rings. The summed E-state index contributed by atoms with van der Waals surface area (Å²) in [6.07, 6.45) is 0. The molecule has 0 radical (unpaired) electrons. The molecule has 1 aromatic heterocycles. The van der Waals surface area contributed by atoms with Crippen LogP contribution in [0.1, 0.15) is 58.0 Å². The summed E-state index contributed by atoms with van der Waals surface area (Å²) in [7, 11) is 3.29. The molecule has 39 heavy (non-hydrogen) atoms. The van der Waals surface area contributed by atoms with E-state index in [1.54, 1.807) is 38.4 Å². The SMILES string of the molecule is CC(C)n1c(-c2cc(C(=O)N(C)C)ccc2O)nc2c1C(c1ccc(Cl)cc1)N(c1ccc(F)c(Cl)c1)C2=O. The number of nitrogens with zero attached hydrogens (tertiary/aromatic N) is 4. The molecule has 1 atom stereocenters. The first-order valence-corrected chi connectivity index (χ1v) is 13.0. The van der Waals surface area contributed by atoms with E-state index in [9.17, 15) is 19.1 Å². The Balaban J connectivity index is 1.76. The summed E-state index contributed by atoms with van der Waals surface area (Å²) in [6.45, 7) is 3.89. The van der Waals surface area contributed by atoms with Crippen LogP contribution in [0.25, 0.3) is 11.4 Å². The van der Waals surface area contributed by atoms with E-state index in [0.29, 0.717) is 33.4 Å². The molecule has 4 aromatic rings. The minimum atomic E-state index is -0.649. The lowest BCUT2D eigenvalue weighted by Crippen LogP contribution is -2.30. The van der Waals surface area contributed by atoms with E-state index in [-0.39, 0.29) is 28.4 Å². The molecule has 7 nitrogen and oxygen atoms in total. The number of hydrogen-bond acceptors (Lipinski definition) is 4. The second-order valence-electron chi connectivity index (χ2n) is 9.79. The van der Waals surface area contributed by atoms with E-state index in [1.807, 2.05) is 30.5 Å². The van der Waals surface area contributed by atoms with Gasteiger partial charge in [0.1, 0.15) is 23.4 Å². The summed E-state index contributed by atoms with van der Waals surface area (Å²) >= 11 is 12.3. The first-order valence-electron chi connectivity index (χ1n) is 12.2. The van der Waals surface area contributed by atoms with Crippen molar-refractivity contribution in [1.29, 1.82) is 0 Å². The van der Waals surface area contributed by atoms with E-state index < -0.39 is 17.8 Å². The number of hydrogen-bond donors (Lipinski definition) is 1. The largest absolute Gasteiger partial charge is 0.507 e. The first kappa shape index (κ1) is 26.7. The van der Waals surface area contributed by atoms with Gasteiger partial charge in [0.2, 0.25) is 0 Å². The lowest BCUT2D eigenvalue weighted by molar-refractivity contribution is 0.0827. The molecule has 1 unspecified atom stereocenters. The van der Waals surface area contributed by atoms with Crippen molar-refractivity contribution in [2.45, 2.75) is 25.9 Å². The molecule has 0 saturated carbocycles. The van der Waals surface area contributed by atoms with Crippen LogP contribution in [0.4, 0.5) is 10.1 Å². The Morgan fingerprint density at radius 1 is 1.05 bits per heavy atom. The fourth-order valence-electron chi connectivity index (χ4n) is 4.89. The third-order valence-electron chi connectivity index (χ3n) is 6.66. The fraction of sp³-hybridized carbons (Fsp3) is 0.207. The molecular formula is C29H25Cl2FN4O3. The number of carbonyl (C=O) groups is 2. The van der Waals surface area contributed by atoms with Crippen LogP contribution in [-0.4, -0.2) is 45.5 Å². The molecule has 3 aromatic carbocycles. The smallest absolute Gasteiger partial charge is 0.279 e. The maximum absolute atomic E-state index is 14.0. The van der Waals surface area contributed by atoms with E-state index in [0.717, 1.165) is 5.56 Å². The van der Waals surface area contributed by atoms with Gasteiger partial charge in [-0.1, -0.05) is 35.3 Å². The molecule has 0 spiro atoms. The highest BCUT2D eigenvalue weighted by molar-refractivity contribution is 6.31. The topological polar surface area (TPSA) is 78.7 Å². The molecule has 0 fully saturated rings. The zero-order valence-electron chi connectivity index (χ0n) is 21.6. The Kier molecular flexibility index (Phi) is 6.86. The number of phenols is 1. The Labute approximate surface area is 235 Å². The van der Waals surface area contributed by atoms with Gasteiger partial charge in [-0.3, -0.25) is 14.5 Å². The predicted molar refractivity (Wildman–Crippen MR) is 149 cm³/mol. The molecule has 5 rings (SSSR count). The quantitative estimate of drug-likeness (QED) is 0.290. The third kappa shape index (κ3) is 4.53. The van der Waals surface area contributed by atoms with Gasteiger partial charge in [0.25, 0.3) is 11.8 Å². The summed E-state index contributed by atoms with van der Waals surface area (Å²) < 4.78 is 15.9. The van der Waals surface area contributed by atoms with Crippen molar-refractivity contribution in [3.8, 4) is 17.1 Å². The standard InChI is InChI=1S/C29H25Cl2FN4O3/c1-15(2)35-26-24(33-27(35)20-13-17(7-12-23(20)37)28(38)34(3)4)29(39)36(19-10-11-22(32)21(31)14-19)25(26)16-5-8-18(30)9-6-16/h5-15,25,37H,1-4H3. The van der Waals surface area contributed by atoms with E-state index in [2.05, 4.69) is 0 Å². The number of rotatable bonds is 5. The average Bonchev–Trinajstić information content (AvgIpc) is 3.41. The van der Waals surface area contributed by atoms with Crippen LogP contribution >= 0.6 is 23.2 Å². The van der Waals surface area contributed by atoms with Gasteiger partial charge in [0.05, 0.1) is 16.3 Å². The number of amides is 2. The number of fused-ring (bicyclic) bond motifs is 1. The van der Waals surface area contributed by atoms with Crippen LogP contribution in [0.3, 0.4) is 0 Å². The fourth-order valence-corrected chi connectivity index (χ4v) is 5.19. The normalized spacial score (nSPS) is 14.7. The molecule has 0 bridgehead atoms. The predicted octanol–water partition coefficient (Wildman–Crippen LogP) is 6.73. The van der Waals surface area contributed by atoms with Gasteiger partial charge in [-0.25, -0.2) is 9.37 Å². The van der Waals surface area contributed by atoms with Gasteiger partial charge in [-0.15, -0.1) is 0 Å². The van der Waals surface area contributed by atoms with Crippen molar-refractivity contribution in [2.75, 3.05) is 19.0 Å². The van der Waals surface area contributed by atoms with Crippen molar-refractivity contribution in [3.63, 3.8) is 0 Å². The third-order valence-corrected chi connectivity index (χ3v) is 7.20. The molecule has 10 heteroatoms. The highest BCUT2D eigenvalue weighted by Gasteiger charge is 2.45. The number of anilines is 1. The summed E-state index contributed by atoms with van der Waals surface area (Å²) in [6, 6.07) is 14.9. The van der Waals surface area contributed by atoms with E-state index in [4.69, 9.17) is 28.2 Å². The van der Waals surface area contributed by atoms with Crippen LogP contribution in [0.15, 0.2) is 60.7 Å². The molecule has 200 valence electrons. The highest BCUT2D eigenvalue weighted by atomic mass is 35.5. The molecule has 2 amide bonds. The van der Waals surface area contributed by atoms with Gasteiger partial charge in [0.15, 0.2) is 5.69 Å². The lowest BCUT2D eigenvalue weighted by atomic mass is 10.0. The second-order valence-corrected chi connectivity index (χ2v) is 10.6. The second kappa shape index (κ2) is 10.0. The Morgan fingerprint density at radius 3 is 2.36 bits per heavy atom.